The van der Waals surface area contributed by atoms with Crippen LogP contribution in [0.3, 0.4) is 0 Å². The first kappa shape index (κ1) is 45.5. The highest BCUT2D eigenvalue weighted by atomic mass is 35.5. The Balaban J connectivity index is 4.24. The van der Waals surface area contributed by atoms with Crippen molar-refractivity contribution in [2.45, 2.75) is 103 Å². The van der Waals surface area contributed by atoms with Gasteiger partial charge in [0.2, 0.25) is 0 Å². The zero-order valence-electron chi connectivity index (χ0n) is 30.9. The predicted molar refractivity (Wildman–Crippen MR) is 200 cm³/mol. The molecule has 11 nitrogen and oxygen atoms in total. The van der Waals surface area contributed by atoms with Crippen molar-refractivity contribution in [3.63, 3.8) is 0 Å². The first-order chi connectivity index (χ1) is 23.2. The topological polar surface area (TPSA) is 133 Å². The summed E-state index contributed by atoms with van der Waals surface area (Å²) < 4.78 is 55.4. The second kappa shape index (κ2) is 20.5. The van der Waals surface area contributed by atoms with Gasteiger partial charge in [-0.25, -0.2) is 9.36 Å². The van der Waals surface area contributed by atoms with Crippen molar-refractivity contribution in [1.82, 2.24) is 0 Å². The maximum Gasteiger partial charge on any atom is 0.475 e. The average Bonchev–Trinajstić information content (AvgIpc) is 3.03. The monoisotopic (exact) mass is 772 g/mol. The summed E-state index contributed by atoms with van der Waals surface area (Å²) in [5.74, 6) is -0.151. The van der Waals surface area contributed by atoms with E-state index in [1.54, 1.807) is 31.2 Å². The Labute approximate surface area is 305 Å². The number of phosphoric acid groups is 1. The standard InChI is InChI=1S/C35H54ClO11PSi2/c1-12-21-43-48(40,44-22-13-2)46-30(24-29(45-32(38)26-36)20-23-49(7,8)9)35(25-31(37)41-14-3,47-50(10,11)34(4,5)6)33(39)42-27-28-18-16-15-17-19-28/h12-13,15-19,29-30H,1-2,14,21-22,24-27H2,3-11H3/t29-,30+,35-/m0/s1. The average molecular weight is 773 g/mol. The number of benzene rings is 1. The summed E-state index contributed by atoms with van der Waals surface area (Å²) in [6.45, 7) is 23.6. The van der Waals surface area contributed by atoms with E-state index in [0.717, 1.165) is 0 Å². The van der Waals surface area contributed by atoms with Crippen LogP contribution in [0.5, 0.6) is 0 Å². The summed E-state index contributed by atoms with van der Waals surface area (Å²) >= 11 is 5.82. The predicted octanol–water partition coefficient (Wildman–Crippen LogP) is 7.76. The molecule has 0 aliphatic carbocycles. The van der Waals surface area contributed by atoms with Gasteiger partial charge in [-0.1, -0.05) is 88.8 Å². The Morgan fingerprint density at radius 2 is 1.54 bits per heavy atom. The van der Waals surface area contributed by atoms with Gasteiger partial charge in [-0.2, -0.15) is 0 Å². The molecule has 0 saturated carbocycles. The molecule has 15 heteroatoms. The minimum Gasteiger partial charge on any atom is -0.466 e. The first-order valence-electron chi connectivity index (χ1n) is 16.3. The Morgan fingerprint density at radius 3 is 2.02 bits per heavy atom. The van der Waals surface area contributed by atoms with Crippen LogP contribution in [0.15, 0.2) is 55.6 Å². The zero-order valence-corrected chi connectivity index (χ0v) is 34.5. The van der Waals surface area contributed by atoms with Crippen LogP contribution in [0.2, 0.25) is 37.8 Å². The molecular formula is C35H54ClO11PSi2. The Bertz CT molecular complexity index is 1380. The highest BCUT2D eigenvalue weighted by molar-refractivity contribution is 7.48. The number of halogens is 1. The Morgan fingerprint density at radius 1 is 0.960 bits per heavy atom. The molecule has 0 amide bonds. The van der Waals surface area contributed by atoms with E-state index in [2.05, 4.69) is 24.6 Å². The Hall–Kier alpha value is -2.54. The number of hydrogen-bond acceptors (Lipinski definition) is 11. The van der Waals surface area contributed by atoms with Crippen LogP contribution in [0.4, 0.5) is 0 Å². The highest BCUT2D eigenvalue weighted by Crippen LogP contribution is 2.54. The first-order valence-corrected chi connectivity index (χ1v) is 24.7. The molecule has 280 valence electrons. The molecule has 0 spiro atoms. The Kier molecular flexibility index (Phi) is 18.6. The van der Waals surface area contributed by atoms with Gasteiger partial charge in [-0.3, -0.25) is 23.2 Å². The van der Waals surface area contributed by atoms with Gasteiger partial charge in [0.1, 0.15) is 26.7 Å². The molecule has 0 aliphatic rings. The molecule has 0 heterocycles. The molecular weight excluding hydrogens is 719 g/mol. The van der Waals surface area contributed by atoms with E-state index in [1.807, 2.05) is 59.6 Å². The summed E-state index contributed by atoms with van der Waals surface area (Å²) in [7, 11) is -9.76. The highest BCUT2D eigenvalue weighted by Gasteiger charge is 2.59. The third-order valence-electron chi connectivity index (χ3n) is 7.41. The molecule has 3 atom stereocenters. The molecule has 0 fully saturated rings. The van der Waals surface area contributed by atoms with Gasteiger partial charge in [0.15, 0.2) is 20.0 Å². The van der Waals surface area contributed by atoms with Crippen molar-refractivity contribution in [3.05, 3.63) is 61.2 Å². The SMILES string of the molecule is C=CCOP(=O)(OCC=C)O[C@H](C[C@H](C#C[Si](C)(C)C)OC(=O)CCl)[C@](CC(=O)OCC)(O[Si](C)(C)C(C)(C)C)C(=O)OCc1ccccc1. The largest absolute Gasteiger partial charge is 0.475 e. The van der Waals surface area contributed by atoms with Crippen LogP contribution in [0, 0.1) is 11.5 Å². The molecule has 0 aliphatic heterocycles. The van der Waals surface area contributed by atoms with Crippen molar-refractivity contribution >= 4 is 53.7 Å². The van der Waals surface area contributed by atoms with E-state index in [9.17, 15) is 18.9 Å². The number of hydrogen-bond donors (Lipinski definition) is 0. The minimum atomic E-state index is -4.61. The lowest BCUT2D eigenvalue weighted by atomic mass is 9.89. The van der Waals surface area contributed by atoms with E-state index < -0.39 is 83.7 Å². The number of rotatable bonds is 21. The van der Waals surface area contributed by atoms with Gasteiger partial charge in [-0.15, -0.1) is 30.3 Å². The fourth-order valence-electron chi connectivity index (χ4n) is 4.02. The molecule has 50 heavy (non-hydrogen) atoms. The molecule has 0 radical (unpaired) electrons. The molecule has 1 rings (SSSR count). The normalized spacial score (nSPS) is 14.6. The van der Waals surface area contributed by atoms with Crippen molar-refractivity contribution < 1.29 is 51.2 Å². The van der Waals surface area contributed by atoms with Crippen molar-refractivity contribution in [2.24, 2.45) is 0 Å². The van der Waals surface area contributed by atoms with Crippen LogP contribution < -0.4 is 0 Å². The van der Waals surface area contributed by atoms with Crippen LogP contribution in [-0.2, 0) is 57.8 Å². The van der Waals surface area contributed by atoms with E-state index >= 15 is 0 Å². The van der Waals surface area contributed by atoms with Gasteiger partial charge >= 0.3 is 25.7 Å². The van der Waals surface area contributed by atoms with E-state index in [-0.39, 0.29) is 26.4 Å². The van der Waals surface area contributed by atoms with Gasteiger partial charge in [0.25, 0.3) is 0 Å². The third-order valence-corrected chi connectivity index (χ3v) is 14.5. The number of phosphoric ester groups is 1. The van der Waals surface area contributed by atoms with Gasteiger partial charge in [0, 0.05) is 6.42 Å². The lowest BCUT2D eigenvalue weighted by molar-refractivity contribution is -0.185. The van der Waals surface area contributed by atoms with Crippen molar-refractivity contribution in [1.29, 1.82) is 0 Å². The lowest BCUT2D eigenvalue weighted by Crippen LogP contribution is -2.62. The maximum absolute atomic E-state index is 14.7. The summed E-state index contributed by atoms with van der Waals surface area (Å²) in [6.07, 6.45) is -1.47. The lowest BCUT2D eigenvalue weighted by Gasteiger charge is -2.47. The molecule has 0 N–H and O–H groups in total. The van der Waals surface area contributed by atoms with Crippen LogP contribution in [-0.4, -0.2) is 77.8 Å². The molecule has 0 aromatic heterocycles. The zero-order chi connectivity index (χ0) is 38.2. The van der Waals surface area contributed by atoms with E-state index in [1.165, 1.54) is 12.2 Å². The number of carbonyl (C=O) groups is 3. The summed E-state index contributed by atoms with van der Waals surface area (Å²) in [4.78, 5) is 40.9. The van der Waals surface area contributed by atoms with Gasteiger partial charge in [-0.05, 0) is 30.6 Å². The molecule has 0 saturated heterocycles. The molecule has 0 unspecified atom stereocenters. The number of ether oxygens (including phenoxy) is 3. The summed E-state index contributed by atoms with van der Waals surface area (Å²) in [5.41, 5.74) is 1.47. The van der Waals surface area contributed by atoms with Crippen molar-refractivity contribution in [2.75, 3.05) is 25.7 Å². The maximum atomic E-state index is 14.7. The number of esters is 3. The summed E-state index contributed by atoms with van der Waals surface area (Å²) in [6, 6.07) is 8.90. The van der Waals surface area contributed by atoms with E-state index in [0.29, 0.717) is 5.56 Å². The number of carbonyl (C=O) groups excluding carboxylic acids is 3. The molecule has 1 aromatic rings. The smallest absolute Gasteiger partial charge is 0.466 e. The third kappa shape index (κ3) is 15.4. The quantitative estimate of drug-likeness (QED) is 0.0231. The van der Waals surface area contributed by atoms with Crippen LogP contribution >= 0.6 is 19.4 Å². The summed E-state index contributed by atoms with van der Waals surface area (Å²) in [5, 5.41) is -0.526. The van der Waals surface area contributed by atoms with Gasteiger partial charge in [0.05, 0.1) is 26.2 Å². The second-order valence-corrected chi connectivity index (χ2v) is 25.2. The number of alkyl halides is 1. The second-order valence-electron chi connectivity index (χ2n) is 13.9. The van der Waals surface area contributed by atoms with Crippen LogP contribution in [0.25, 0.3) is 0 Å². The minimum absolute atomic E-state index is 0.0133. The van der Waals surface area contributed by atoms with Gasteiger partial charge < -0.3 is 18.6 Å². The van der Waals surface area contributed by atoms with E-state index in [4.69, 9.17) is 43.8 Å². The van der Waals surface area contributed by atoms with Crippen molar-refractivity contribution in [3.8, 4) is 11.5 Å². The molecule has 0 bridgehead atoms. The fourth-order valence-corrected chi connectivity index (χ4v) is 7.52. The molecule has 1 aromatic carbocycles. The van der Waals surface area contributed by atoms with Crippen LogP contribution in [0.1, 0.15) is 46.1 Å². The fraction of sp³-hybridized carbons (Fsp3) is 0.571.